The van der Waals surface area contributed by atoms with Crippen LogP contribution in [-0.2, 0) is 18.0 Å². The fraction of sp³-hybridized carbons (Fsp3) is 0.515. The number of hydrogen-bond acceptors (Lipinski definition) is 11. The fourth-order valence-corrected chi connectivity index (χ4v) is 10.2. The molecule has 13 heteroatoms. The van der Waals surface area contributed by atoms with Crippen molar-refractivity contribution in [3.8, 4) is 17.3 Å². The first-order valence-corrected chi connectivity index (χ1v) is 17.0. The van der Waals surface area contributed by atoms with Crippen LogP contribution in [0.25, 0.3) is 32.2 Å². The quantitative estimate of drug-likeness (QED) is 0.332. The van der Waals surface area contributed by atoms with Crippen molar-refractivity contribution < 1.29 is 13.5 Å². The highest BCUT2D eigenvalue weighted by molar-refractivity contribution is 7.23. The molecule has 7 heterocycles. The molecule has 1 saturated carbocycles. The van der Waals surface area contributed by atoms with E-state index in [9.17, 15) is 5.26 Å². The first kappa shape index (κ1) is 28.5. The van der Waals surface area contributed by atoms with Crippen LogP contribution in [0.2, 0.25) is 0 Å². The minimum Gasteiger partial charge on any atom is -0.389 e. The van der Waals surface area contributed by atoms with Crippen LogP contribution < -0.4 is 20.9 Å². The van der Waals surface area contributed by atoms with E-state index in [4.69, 9.17) is 20.4 Å². The number of piperidine rings is 1. The van der Waals surface area contributed by atoms with Crippen LogP contribution in [0.15, 0.2) is 6.20 Å². The van der Waals surface area contributed by atoms with Gasteiger partial charge in [-0.3, -0.25) is 4.98 Å². The minimum absolute atomic E-state index is 0.106. The number of fused-ring (bicyclic) bond motifs is 8. The van der Waals surface area contributed by atoms with E-state index in [2.05, 4.69) is 45.2 Å². The average Bonchev–Trinajstić information content (AvgIpc) is 3.79. The van der Waals surface area contributed by atoms with Gasteiger partial charge in [-0.2, -0.15) is 10.2 Å². The molecule has 0 spiro atoms. The van der Waals surface area contributed by atoms with E-state index in [1.54, 1.807) is 0 Å². The molecule has 0 radical (unpaired) electrons. The number of thiophene rings is 1. The number of pyridine rings is 1. The zero-order valence-corrected chi connectivity index (χ0v) is 26.6. The Balaban J connectivity index is 1.31. The number of nitrogens with one attached hydrogen (secondary N) is 1. The summed E-state index contributed by atoms with van der Waals surface area (Å²) >= 11 is 0.978. The topological polar surface area (TPSA) is 119 Å². The van der Waals surface area contributed by atoms with Crippen molar-refractivity contribution in [3.05, 3.63) is 34.5 Å². The number of benzene rings is 1. The van der Waals surface area contributed by atoms with Gasteiger partial charge in [0.2, 0.25) is 5.95 Å². The Kier molecular flexibility index (Phi) is 6.45. The molecule has 1 aliphatic carbocycles. The van der Waals surface area contributed by atoms with E-state index in [0.29, 0.717) is 34.8 Å². The molecule has 238 valence electrons. The zero-order valence-electron chi connectivity index (χ0n) is 25.8. The molecule has 0 amide bonds. The number of nitrogens with zero attached hydrogens (tertiary/aromatic N) is 7. The third kappa shape index (κ3) is 3.96. The van der Waals surface area contributed by atoms with Gasteiger partial charge < -0.3 is 30.5 Å². The lowest BCUT2D eigenvalue weighted by Crippen LogP contribution is -2.53. The molecule has 3 unspecified atom stereocenters. The number of aromatic nitrogens is 3. The van der Waals surface area contributed by atoms with E-state index >= 15 is 8.78 Å². The van der Waals surface area contributed by atoms with Crippen molar-refractivity contribution in [1.29, 1.82) is 5.26 Å². The molecule has 10 nitrogen and oxygen atoms in total. The van der Waals surface area contributed by atoms with E-state index in [1.165, 1.54) is 0 Å². The van der Waals surface area contributed by atoms with Crippen LogP contribution in [0, 0.1) is 34.8 Å². The summed E-state index contributed by atoms with van der Waals surface area (Å²) in [5, 5.41) is 14.6. The van der Waals surface area contributed by atoms with Crippen LogP contribution in [0.5, 0.6) is 0 Å². The molecule has 4 fully saturated rings. The Bertz CT molecular complexity index is 1950. The summed E-state index contributed by atoms with van der Waals surface area (Å²) in [5.74, 6) is 1.16. The Morgan fingerprint density at radius 2 is 1.76 bits per heavy atom. The second kappa shape index (κ2) is 10.4. The van der Waals surface area contributed by atoms with Gasteiger partial charge in [0, 0.05) is 55.3 Å². The lowest BCUT2D eigenvalue weighted by Gasteiger charge is -2.42. The van der Waals surface area contributed by atoms with Crippen LogP contribution >= 0.6 is 11.3 Å². The first-order chi connectivity index (χ1) is 22.3. The zero-order chi connectivity index (χ0) is 31.4. The molecule has 9 rings (SSSR count). The van der Waals surface area contributed by atoms with E-state index in [1.807, 2.05) is 0 Å². The fourth-order valence-electron chi connectivity index (χ4n) is 9.29. The smallest absolute Gasteiger partial charge is 0.228 e. The number of nitrogens with two attached hydrogens (primary N) is 1. The molecule has 46 heavy (non-hydrogen) atoms. The Morgan fingerprint density at radius 1 is 1.04 bits per heavy atom. The van der Waals surface area contributed by atoms with E-state index in [0.717, 1.165) is 80.8 Å². The van der Waals surface area contributed by atoms with Gasteiger partial charge in [0.15, 0.2) is 11.6 Å². The Hall–Kier alpha value is -3.70. The lowest BCUT2D eigenvalue weighted by molar-refractivity contribution is 0.135. The van der Waals surface area contributed by atoms with Crippen molar-refractivity contribution in [2.75, 3.05) is 55.8 Å². The number of rotatable bonds is 4. The molecule has 4 bridgehead atoms. The van der Waals surface area contributed by atoms with E-state index in [-0.39, 0.29) is 62.7 Å². The second-order valence-corrected chi connectivity index (χ2v) is 14.8. The number of ether oxygens (including phenoxy) is 1. The standard InChI is InChI=1S/C33H35F2N9OS/c1-42(2)29-15-3-4-16(29)12-43(11-15)33-40-28-25(32(41-33)44-17-5-6-18(44)9-38-8-17)21-14-45-13-20(21)23(26(28)35)27-24-19(7-36)31(37)46-30(24)22(34)10-39-27/h10,15-18,29,38H,3-6,8-9,11-14,37H2,1-2H3/t15-,16+,17?,18?,29?. The maximum absolute atomic E-state index is 17.5. The predicted octanol–water partition coefficient (Wildman–Crippen LogP) is 4.39. The van der Waals surface area contributed by atoms with Gasteiger partial charge in [0.25, 0.3) is 0 Å². The molecule has 3 N–H and O–H groups in total. The summed E-state index contributed by atoms with van der Waals surface area (Å²) in [6.07, 6.45) is 5.49. The number of halogens is 2. The molecular formula is C33H35F2N9OS. The van der Waals surface area contributed by atoms with Gasteiger partial charge >= 0.3 is 0 Å². The minimum atomic E-state index is -0.595. The molecule has 3 saturated heterocycles. The Morgan fingerprint density at radius 3 is 2.46 bits per heavy atom. The van der Waals surface area contributed by atoms with Crippen molar-refractivity contribution in [2.24, 2.45) is 11.8 Å². The summed E-state index contributed by atoms with van der Waals surface area (Å²) in [5.41, 5.74) is 8.35. The third-order valence-corrected chi connectivity index (χ3v) is 12.1. The third-order valence-electron chi connectivity index (χ3n) is 11.1. The molecule has 5 aliphatic rings. The first-order valence-electron chi connectivity index (χ1n) is 16.1. The van der Waals surface area contributed by atoms with Crippen LogP contribution in [0.4, 0.5) is 25.5 Å². The summed E-state index contributed by atoms with van der Waals surface area (Å²) < 4.78 is 38.7. The normalized spacial score (nSPS) is 26.9. The number of piperazine rings is 1. The van der Waals surface area contributed by atoms with Gasteiger partial charge in [-0.1, -0.05) is 0 Å². The van der Waals surface area contributed by atoms with Crippen molar-refractivity contribution >= 4 is 49.1 Å². The monoisotopic (exact) mass is 643 g/mol. The predicted molar refractivity (Wildman–Crippen MR) is 174 cm³/mol. The number of nitriles is 1. The largest absolute Gasteiger partial charge is 0.389 e. The lowest BCUT2D eigenvalue weighted by atomic mass is 9.91. The highest BCUT2D eigenvalue weighted by Gasteiger charge is 2.45. The molecule has 5 atom stereocenters. The summed E-state index contributed by atoms with van der Waals surface area (Å²) in [4.78, 5) is 21.8. The molecule has 4 aromatic rings. The van der Waals surface area contributed by atoms with Gasteiger partial charge in [-0.05, 0) is 62.7 Å². The van der Waals surface area contributed by atoms with Crippen molar-refractivity contribution in [1.82, 2.24) is 25.2 Å². The number of hydrogen-bond donors (Lipinski definition) is 2. The summed E-state index contributed by atoms with van der Waals surface area (Å²) in [6, 6.07) is 3.13. The molecular weight excluding hydrogens is 608 g/mol. The number of anilines is 3. The highest BCUT2D eigenvalue weighted by atomic mass is 32.1. The second-order valence-electron chi connectivity index (χ2n) is 13.7. The van der Waals surface area contributed by atoms with Gasteiger partial charge in [-0.25, -0.2) is 13.8 Å². The van der Waals surface area contributed by atoms with Gasteiger partial charge in [-0.15, -0.1) is 11.3 Å². The summed E-state index contributed by atoms with van der Waals surface area (Å²) in [6.45, 7) is 3.78. The maximum atomic E-state index is 17.5. The van der Waals surface area contributed by atoms with E-state index < -0.39 is 11.6 Å². The Labute approximate surface area is 269 Å². The van der Waals surface area contributed by atoms with Crippen LogP contribution in [0.1, 0.15) is 42.4 Å². The van der Waals surface area contributed by atoms with Crippen molar-refractivity contribution in [2.45, 2.75) is 57.0 Å². The van der Waals surface area contributed by atoms with Crippen molar-refractivity contribution in [3.63, 3.8) is 0 Å². The van der Waals surface area contributed by atoms with Crippen LogP contribution in [0.3, 0.4) is 0 Å². The highest BCUT2D eigenvalue weighted by Crippen LogP contribution is 2.48. The molecule has 3 aromatic heterocycles. The van der Waals surface area contributed by atoms with Gasteiger partial charge in [0.05, 0.1) is 40.8 Å². The summed E-state index contributed by atoms with van der Waals surface area (Å²) in [7, 11) is 4.32. The number of nitrogen functional groups attached to an aromatic ring is 1. The van der Waals surface area contributed by atoms with Gasteiger partial charge in [0.1, 0.15) is 22.4 Å². The van der Waals surface area contributed by atoms with Crippen LogP contribution in [-0.4, -0.2) is 78.3 Å². The SMILES string of the molecule is CN(C)C1[C@@H]2CC[C@H]1CN(c1nc(N3C4CCC3CNC4)c3c4c(c(-c5ncc(F)c6sc(N)c(C#N)c56)c(F)c3n1)COC4)C2. The molecule has 4 aliphatic heterocycles. The maximum Gasteiger partial charge on any atom is 0.228 e. The molecule has 1 aromatic carbocycles. The average molecular weight is 644 g/mol.